The monoisotopic (exact) mass is 413 g/mol. The topological polar surface area (TPSA) is 80.8 Å². The first-order valence-corrected chi connectivity index (χ1v) is 9.92. The van der Waals surface area contributed by atoms with Crippen LogP contribution >= 0.6 is 12.4 Å². The van der Waals surface area contributed by atoms with E-state index in [1.54, 1.807) is 43.8 Å². The molecule has 1 aliphatic heterocycles. The number of sulfonamides is 1. The molecule has 1 aromatic carbocycles. The number of hydrogen-bond donors (Lipinski definition) is 1. The lowest BCUT2D eigenvalue weighted by Gasteiger charge is -2.35. The van der Waals surface area contributed by atoms with Crippen molar-refractivity contribution in [2.24, 2.45) is 0 Å². The first-order chi connectivity index (χ1) is 12.6. The molecule has 27 heavy (non-hydrogen) atoms. The van der Waals surface area contributed by atoms with Gasteiger partial charge in [-0.15, -0.1) is 12.4 Å². The van der Waals surface area contributed by atoms with Gasteiger partial charge >= 0.3 is 0 Å². The Bertz CT molecular complexity index is 820. The highest BCUT2D eigenvalue weighted by molar-refractivity contribution is 7.89. The first kappa shape index (κ1) is 21.6. The summed E-state index contributed by atoms with van der Waals surface area (Å²) in [6, 6.07) is 10.1. The summed E-state index contributed by atoms with van der Waals surface area (Å²) in [5.74, 6) is 0.341. The second-order valence-corrected chi connectivity index (χ2v) is 7.77. The second-order valence-electron chi connectivity index (χ2n) is 5.91. The van der Waals surface area contributed by atoms with Crippen molar-refractivity contribution in [2.45, 2.75) is 10.9 Å². The summed E-state index contributed by atoms with van der Waals surface area (Å²) >= 11 is 0. The fourth-order valence-electron chi connectivity index (χ4n) is 2.97. The molecule has 0 aliphatic carbocycles. The third kappa shape index (κ3) is 4.97. The molecule has 2 aromatic rings. The molecule has 2 heterocycles. The maximum atomic E-state index is 13.4. The number of benzene rings is 1. The zero-order valence-electron chi connectivity index (χ0n) is 15.1. The van der Waals surface area contributed by atoms with Crippen LogP contribution in [0.25, 0.3) is 0 Å². The van der Waals surface area contributed by atoms with Crippen molar-refractivity contribution in [3.05, 3.63) is 54.4 Å². The SMILES string of the molecule is COCCOc1ccccc1S(=O)(=O)N1CCNCC1c1cccnc1.Cl. The van der Waals surface area contributed by atoms with E-state index in [9.17, 15) is 8.42 Å². The summed E-state index contributed by atoms with van der Waals surface area (Å²) in [5.41, 5.74) is 0.862. The molecule has 0 saturated carbocycles. The van der Waals surface area contributed by atoms with Gasteiger partial charge in [0.15, 0.2) is 0 Å². The number of halogens is 1. The van der Waals surface area contributed by atoms with Gasteiger partial charge in [0.05, 0.1) is 12.6 Å². The summed E-state index contributed by atoms with van der Waals surface area (Å²) in [7, 11) is -2.15. The molecule has 148 valence electrons. The fraction of sp³-hybridized carbons (Fsp3) is 0.389. The number of rotatable bonds is 7. The maximum Gasteiger partial charge on any atom is 0.247 e. The molecular formula is C18H24ClN3O4S. The molecule has 1 N–H and O–H groups in total. The van der Waals surface area contributed by atoms with E-state index in [1.807, 2.05) is 12.1 Å². The van der Waals surface area contributed by atoms with E-state index in [4.69, 9.17) is 9.47 Å². The third-order valence-electron chi connectivity index (χ3n) is 4.24. The van der Waals surface area contributed by atoms with Crippen molar-refractivity contribution in [3.8, 4) is 5.75 Å². The predicted octanol–water partition coefficient (Wildman–Crippen LogP) is 1.86. The third-order valence-corrected chi connectivity index (χ3v) is 6.19. The second kappa shape index (κ2) is 10.0. The molecule has 1 atom stereocenters. The number of para-hydroxylation sites is 1. The minimum Gasteiger partial charge on any atom is -0.490 e. The van der Waals surface area contributed by atoms with Gasteiger partial charge in [-0.2, -0.15) is 4.31 Å². The van der Waals surface area contributed by atoms with Gasteiger partial charge in [-0.3, -0.25) is 4.98 Å². The Hall–Kier alpha value is -1.71. The van der Waals surface area contributed by atoms with Crippen LogP contribution in [0.5, 0.6) is 5.75 Å². The summed E-state index contributed by atoms with van der Waals surface area (Å²) < 4.78 is 38.9. The normalized spacial score (nSPS) is 17.9. The standard InChI is InChI=1S/C18H23N3O4S.ClH/c1-24-11-12-25-17-6-2-3-7-18(17)26(22,23)21-10-9-20-14-16(21)15-5-4-8-19-13-15;/h2-8,13,16,20H,9-12,14H2,1H3;1H. The molecule has 0 radical (unpaired) electrons. The Morgan fingerprint density at radius 2 is 2.04 bits per heavy atom. The molecule has 0 amide bonds. The molecule has 7 nitrogen and oxygen atoms in total. The van der Waals surface area contributed by atoms with Crippen molar-refractivity contribution >= 4 is 22.4 Å². The van der Waals surface area contributed by atoms with E-state index in [0.29, 0.717) is 32.0 Å². The zero-order valence-corrected chi connectivity index (χ0v) is 16.7. The number of nitrogens with one attached hydrogen (secondary N) is 1. The van der Waals surface area contributed by atoms with E-state index >= 15 is 0 Å². The lowest BCUT2D eigenvalue weighted by Crippen LogP contribution is -2.48. The number of hydrogen-bond acceptors (Lipinski definition) is 6. The number of ether oxygens (including phenoxy) is 2. The molecule has 1 aliphatic rings. The lowest BCUT2D eigenvalue weighted by molar-refractivity contribution is 0.144. The Kier molecular flexibility index (Phi) is 8.00. The molecule has 9 heteroatoms. The van der Waals surface area contributed by atoms with Gasteiger partial charge in [-0.1, -0.05) is 18.2 Å². The van der Waals surface area contributed by atoms with Crippen molar-refractivity contribution in [2.75, 3.05) is 40.0 Å². The van der Waals surface area contributed by atoms with E-state index in [-0.39, 0.29) is 30.0 Å². The van der Waals surface area contributed by atoms with E-state index in [2.05, 4.69) is 10.3 Å². The van der Waals surface area contributed by atoms with Gasteiger partial charge in [0.1, 0.15) is 17.3 Å². The molecule has 1 fully saturated rings. The summed E-state index contributed by atoms with van der Waals surface area (Å²) in [6.07, 6.45) is 3.39. The molecule has 3 rings (SSSR count). The summed E-state index contributed by atoms with van der Waals surface area (Å²) in [4.78, 5) is 4.30. The van der Waals surface area contributed by atoms with Gasteiger partial charge in [0.2, 0.25) is 10.0 Å². The average molecular weight is 414 g/mol. The van der Waals surface area contributed by atoms with Crippen molar-refractivity contribution in [1.82, 2.24) is 14.6 Å². The van der Waals surface area contributed by atoms with E-state index < -0.39 is 10.0 Å². The summed E-state index contributed by atoms with van der Waals surface area (Å²) in [5, 5.41) is 3.26. The fourth-order valence-corrected chi connectivity index (χ4v) is 4.72. The zero-order chi connectivity index (χ0) is 18.4. The highest BCUT2D eigenvalue weighted by atomic mass is 35.5. The average Bonchev–Trinajstić information content (AvgIpc) is 2.69. The van der Waals surface area contributed by atoms with Crippen LogP contribution in [0.1, 0.15) is 11.6 Å². The van der Waals surface area contributed by atoms with Crippen molar-refractivity contribution in [3.63, 3.8) is 0 Å². The van der Waals surface area contributed by atoms with Gasteiger partial charge in [-0.25, -0.2) is 8.42 Å². The van der Waals surface area contributed by atoms with Crippen molar-refractivity contribution < 1.29 is 17.9 Å². The number of piperazine rings is 1. The molecule has 1 aromatic heterocycles. The highest BCUT2D eigenvalue weighted by Crippen LogP contribution is 2.32. The minimum atomic E-state index is -3.73. The Morgan fingerprint density at radius 1 is 1.22 bits per heavy atom. The molecular weight excluding hydrogens is 390 g/mol. The number of pyridine rings is 1. The number of nitrogens with zero attached hydrogens (tertiary/aromatic N) is 2. The van der Waals surface area contributed by atoms with Crippen LogP contribution in [-0.4, -0.2) is 57.7 Å². The van der Waals surface area contributed by atoms with Gasteiger partial charge in [0.25, 0.3) is 0 Å². The maximum absolute atomic E-state index is 13.4. The molecule has 1 unspecified atom stereocenters. The highest BCUT2D eigenvalue weighted by Gasteiger charge is 2.36. The smallest absolute Gasteiger partial charge is 0.247 e. The van der Waals surface area contributed by atoms with Crippen LogP contribution in [0, 0.1) is 0 Å². The van der Waals surface area contributed by atoms with Crippen LogP contribution in [0.2, 0.25) is 0 Å². The summed E-state index contributed by atoms with van der Waals surface area (Å²) in [6.45, 7) is 2.20. The van der Waals surface area contributed by atoms with Crippen LogP contribution in [-0.2, 0) is 14.8 Å². The van der Waals surface area contributed by atoms with Gasteiger partial charge in [-0.05, 0) is 23.8 Å². The Morgan fingerprint density at radius 3 is 2.78 bits per heavy atom. The molecule has 0 bridgehead atoms. The predicted molar refractivity (Wildman–Crippen MR) is 105 cm³/mol. The van der Waals surface area contributed by atoms with E-state index in [0.717, 1.165) is 5.56 Å². The Labute approximate surface area is 166 Å². The first-order valence-electron chi connectivity index (χ1n) is 8.48. The van der Waals surface area contributed by atoms with Crippen LogP contribution < -0.4 is 10.1 Å². The number of aromatic nitrogens is 1. The number of methoxy groups -OCH3 is 1. The van der Waals surface area contributed by atoms with Crippen LogP contribution in [0.15, 0.2) is 53.7 Å². The molecule has 0 spiro atoms. The van der Waals surface area contributed by atoms with Crippen LogP contribution in [0.4, 0.5) is 0 Å². The van der Waals surface area contributed by atoms with Gasteiger partial charge in [0, 0.05) is 39.1 Å². The Balaban J connectivity index is 0.00000261. The largest absolute Gasteiger partial charge is 0.490 e. The molecule has 1 saturated heterocycles. The quantitative estimate of drug-likeness (QED) is 0.698. The van der Waals surface area contributed by atoms with E-state index in [1.165, 1.54) is 4.31 Å². The minimum absolute atomic E-state index is 0. The van der Waals surface area contributed by atoms with Crippen LogP contribution in [0.3, 0.4) is 0 Å². The lowest BCUT2D eigenvalue weighted by atomic mass is 10.1. The van der Waals surface area contributed by atoms with Gasteiger partial charge < -0.3 is 14.8 Å². The van der Waals surface area contributed by atoms with Crippen molar-refractivity contribution in [1.29, 1.82) is 0 Å².